The van der Waals surface area contributed by atoms with Gasteiger partial charge in [-0.3, -0.25) is 0 Å². The normalized spacial score (nSPS) is 11.4. The molecule has 0 bridgehead atoms. The molecule has 0 amide bonds. The van der Waals surface area contributed by atoms with Gasteiger partial charge in [0, 0.05) is 6.54 Å². The van der Waals surface area contributed by atoms with Gasteiger partial charge in [0.05, 0.1) is 4.90 Å². The maximum Gasteiger partial charge on any atom is 0.240 e. The fourth-order valence-electron chi connectivity index (χ4n) is 2.16. The summed E-state index contributed by atoms with van der Waals surface area (Å²) in [6.07, 6.45) is 0. The minimum absolute atomic E-state index is 0.226. The number of hydrogen-bond acceptors (Lipinski definition) is 3. The molecule has 1 N–H and O–H groups in total. The van der Waals surface area contributed by atoms with Crippen molar-refractivity contribution in [1.82, 2.24) is 4.72 Å². The molecule has 4 nitrogen and oxygen atoms in total. The Morgan fingerprint density at radius 1 is 1.00 bits per heavy atom. The summed E-state index contributed by atoms with van der Waals surface area (Å²) in [6.45, 7) is 6.37. The standard InChI is InChI=1S/C17H21NO3S/c1-13-5-4-6-16(12-13)22(19,20)18-9-10-21-17-8-7-14(2)11-15(17)3/h4-8,11-12,18H,9-10H2,1-3H3. The summed E-state index contributed by atoms with van der Waals surface area (Å²) in [5.41, 5.74) is 3.13. The van der Waals surface area contributed by atoms with Crippen LogP contribution in [0.2, 0.25) is 0 Å². The third kappa shape index (κ3) is 4.32. The maximum absolute atomic E-state index is 12.1. The first-order valence-electron chi connectivity index (χ1n) is 7.15. The number of rotatable bonds is 6. The van der Waals surface area contributed by atoms with E-state index in [1.807, 2.05) is 45.0 Å². The molecule has 0 heterocycles. The van der Waals surface area contributed by atoms with Crippen molar-refractivity contribution in [2.75, 3.05) is 13.2 Å². The Kier molecular flexibility index (Phi) is 5.21. The van der Waals surface area contributed by atoms with Crippen LogP contribution in [0.4, 0.5) is 0 Å². The highest BCUT2D eigenvalue weighted by Gasteiger charge is 2.13. The van der Waals surface area contributed by atoms with Crippen LogP contribution in [0.5, 0.6) is 5.75 Å². The van der Waals surface area contributed by atoms with Gasteiger partial charge in [0.15, 0.2) is 0 Å². The average molecular weight is 319 g/mol. The fourth-order valence-corrected chi connectivity index (χ4v) is 3.28. The van der Waals surface area contributed by atoms with Gasteiger partial charge in [-0.2, -0.15) is 0 Å². The highest BCUT2D eigenvalue weighted by molar-refractivity contribution is 7.89. The van der Waals surface area contributed by atoms with Gasteiger partial charge in [-0.05, 0) is 50.1 Å². The molecule has 22 heavy (non-hydrogen) atoms. The van der Waals surface area contributed by atoms with Crippen molar-refractivity contribution in [1.29, 1.82) is 0 Å². The molecule has 118 valence electrons. The monoisotopic (exact) mass is 319 g/mol. The first-order valence-corrected chi connectivity index (χ1v) is 8.63. The van der Waals surface area contributed by atoms with E-state index in [9.17, 15) is 8.42 Å². The van der Waals surface area contributed by atoms with Crippen LogP contribution in [0.25, 0.3) is 0 Å². The average Bonchev–Trinajstić information content (AvgIpc) is 2.45. The van der Waals surface area contributed by atoms with Gasteiger partial charge in [-0.25, -0.2) is 13.1 Å². The second-order valence-electron chi connectivity index (χ2n) is 5.33. The molecule has 0 aliphatic carbocycles. The summed E-state index contributed by atoms with van der Waals surface area (Å²) in [5, 5.41) is 0. The fraction of sp³-hybridized carbons (Fsp3) is 0.294. The van der Waals surface area contributed by atoms with Crippen LogP contribution < -0.4 is 9.46 Å². The molecule has 0 saturated heterocycles. The first kappa shape index (κ1) is 16.5. The van der Waals surface area contributed by atoms with Gasteiger partial charge >= 0.3 is 0 Å². The number of benzene rings is 2. The zero-order valence-electron chi connectivity index (χ0n) is 13.1. The lowest BCUT2D eigenvalue weighted by Gasteiger charge is -2.11. The summed E-state index contributed by atoms with van der Waals surface area (Å²) in [4.78, 5) is 0.277. The molecule has 0 aliphatic rings. The van der Waals surface area contributed by atoms with E-state index in [1.54, 1.807) is 18.2 Å². The lowest BCUT2D eigenvalue weighted by molar-refractivity contribution is 0.320. The van der Waals surface area contributed by atoms with Gasteiger partial charge < -0.3 is 4.74 Å². The molecular weight excluding hydrogens is 298 g/mol. The molecule has 5 heteroatoms. The van der Waals surface area contributed by atoms with E-state index in [-0.39, 0.29) is 18.0 Å². The van der Waals surface area contributed by atoms with Crippen molar-refractivity contribution >= 4 is 10.0 Å². The number of ether oxygens (including phenoxy) is 1. The smallest absolute Gasteiger partial charge is 0.240 e. The summed E-state index contributed by atoms with van der Waals surface area (Å²) in [5.74, 6) is 0.778. The molecule has 0 spiro atoms. The summed E-state index contributed by atoms with van der Waals surface area (Å²) in [6, 6.07) is 12.7. The number of sulfonamides is 1. The van der Waals surface area contributed by atoms with Crippen LogP contribution in [0.1, 0.15) is 16.7 Å². The minimum atomic E-state index is -3.48. The zero-order valence-corrected chi connectivity index (χ0v) is 13.9. The minimum Gasteiger partial charge on any atom is -0.492 e. The molecule has 0 saturated carbocycles. The molecular formula is C17H21NO3S. The first-order chi connectivity index (χ1) is 10.4. The quantitative estimate of drug-likeness (QED) is 0.833. The van der Waals surface area contributed by atoms with Crippen LogP contribution in [-0.2, 0) is 10.0 Å². The molecule has 0 aliphatic heterocycles. The van der Waals surface area contributed by atoms with Crippen LogP contribution >= 0.6 is 0 Å². The van der Waals surface area contributed by atoms with Gasteiger partial charge in [0.25, 0.3) is 0 Å². The van der Waals surface area contributed by atoms with E-state index < -0.39 is 10.0 Å². The van der Waals surface area contributed by atoms with E-state index in [1.165, 1.54) is 5.56 Å². The Hall–Kier alpha value is -1.85. The van der Waals surface area contributed by atoms with E-state index in [4.69, 9.17) is 4.74 Å². The summed E-state index contributed by atoms with van der Waals surface area (Å²) in [7, 11) is -3.48. The summed E-state index contributed by atoms with van der Waals surface area (Å²) >= 11 is 0. The van der Waals surface area contributed by atoms with Crippen molar-refractivity contribution in [3.05, 3.63) is 59.2 Å². The van der Waals surface area contributed by atoms with Crippen molar-refractivity contribution in [3.63, 3.8) is 0 Å². The van der Waals surface area contributed by atoms with Crippen molar-refractivity contribution < 1.29 is 13.2 Å². The van der Waals surface area contributed by atoms with Crippen LogP contribution in [0.3, 0.4) is 0 Å². The highest BCUT2D eigenvalue weighted by Crippen LogP contribution is 2.18. The molecule has 0 radical (unpaired) electrons. The lowest BCUT2D eigenvalue weighted by Crippen LogP contribution is -2.28. The van der Waals surface area contributed by atoms with Crippen LogP contribution in [0, 0.1) is 20.8 Å². The Bertz CT molecular complexity index is 754. The Balaban J connectivity index is 1.90. The van der Waals surface area contributed by atoms with E-state index in [2.05, 4.69) is 4.72 Å². The largest absolute Gasteiger partial charge is 0.492 e. The lowest BCUT2D eigenvalue weighted by atomic mass is 10.1. The summed E-state index contributed by atoms with van der Waals surface area (Å²) < 4.78 is 32.5. The molecule has 0 atom stereocenters. The van der Waals surface area contributed by atoms with Gasteiger partial charge in [-0.1, -0.05) is 29.8 Å². The topological polar surface area (TPSA) is 55.4 Å². The van der Waals surface area contributed by atoms with Crippen molar-refractivity contribution in [2.24, 2.45) is 0 Å². The van der Waals surface area contributed by atoms with E-state index in [0.717, 1.165) is 16.9 Å². The van der Waals surface area contributed by atoms with Gasteiger partial charge in [0.1, 0.15) is 12.4 Å². The molecule has 2 aromatic rings. The number of nitrogens with one attached hydrogen (secondary N) is 1. The Morgan fingerprint density at radius 2 is 1.73 bits per heavy atom. The molecule has 2 rings (SSSR count). The zero-order chi connectivity index (χ0) is 16.2. The molecule has 0 fully saturated rings. The van der Waals surface area contributed by atoms with Gasteiger partial charge in [-0.15, -0.1) is 0 Å². The van der Waals surface area contributed by atoms with Crippen molar-refractivity contribution in [3.8, 4) is 5.75 Å². The van der Waals surface area contributed by atoms with Crippen LogP contribution in [-0.4, -0.2) is 21.6 Å². The van der Waals surface area contributed by atoms with Crippen LogP contribution in [0.15, 0.2) is 47.4 Å². The molecule has 2 aromatic carbocycles. The maximum atomic E-state index is 12.1. The SMILES string of the molecule is Cc1cccc(S(=O)(=O)NCCOc2ccc(C)cc2C)c1. The molecule has 0 aromatic heterocycles. The third-order valence-electron chi connectivity index (χ3n) is 3.28. The Morgan fingerprint density at radius 3 is 2.41 bits per heavy atom. The molecule has 0 unspecified atom stereocenters. The third-order valence-corrected chi connectivity index (χ3v) is 4.74. The second kappa shape index (κ2) is 6.94. The number of hydrogen-bond donors (Lipinski definition) is 1. The highest BCUT2D eigenvalue weighted by atomic mass is 32.2. The van der Waals surface area contributed by atoms with Crippen molar-refractivity contribution in [2.45, 2.75) is 25.7 Å². The Labute approximate surface area is 132 Å². The predicted octanol–water partition coefficient (Wildman–Crippen LogP) is 2.97. The van der Waals surface area contributed by atoms with E-state index >= 15 is 0 Å². The predicted molar refractivity (Wildman–Crippen MR) is 87.8 cm³/mol. The number of aryl methyl sites for hydroxylation is 3. The second-order valence-corrected chi connectivity index (χ2v) is 7.10. The van der Waals surface area contributed by atoms with E-state index in [0.29, 0.717) is 0 Å². The van der Waals surface area contributed by atoms with Gasteiger partial charge in [0.2, 0.25) is 10.0 Å².